The molecule has 0 radical (unpaired) electrons. The van der Waals surface area contributed by atoms with Gasteiger partial charge in [0.15, 0.2) is 0 Å². The van der Waals surface area contributed by atoms with Crippen LogP contribution in [-0.2, 0) is 0 Å². The van der Waals surface area contributed by atoms with Gasteiger partial charge >= 0.3 is 0 Å². The van der Waals surface area contributed by atoms with Crippen LogP contribution in [0.3, 0.4) is 0 Å². The normalized spacial score (nSPS) is 12.2. The number of phenolic OH excluding ortho intramolecular Hbond substituents is 1. The molecule has 0 saturated heterocycles. The van der Waals surface area contributed by atoms with Gasteiger partial charge in [-0.3, -0.25) is 0 Å². The Labute approximate surface area is 117 Å². The predicted molar refractivity (Wildman–Crippen MR) is 85.9 cm³/mol. The molecular weight excluding hydrogens is 244 g/mol. The van der Waals surface area contributed by atoms with Gasteiger partial charge < -0.3 is 5.11 Å². The Morgan fingerprint density at radius 3 is 1.95 bits per heavy atom. The molecule has 0 aliphatic carbocycles. The summed E-state index contributed by atoms with van der Waals surface area (Å²) in [6.07, 6.45) is 0. The van der Waals surface area contributed by atoms with Crippen molar-refractivity contribution in [1.29, 1.82) is 0 Å². The fraction of sp³-hybridized carbons (Fsp3) is 0.158. The van der Waals surface area contributed by atoms with Crippen LogP contribution in [0.5, 0.6) is 5.75 Å². The van der Waals surface area contributed by atoms with Crippen molar-refractivity contribution >= 4 is 32.3 Å². The maximum atomic E-state index is 10.1. The maximum absolute atomic E-state index is 10.1. The Morgan fingerprint density at radius 2 is 1.25 bits per heavy atom. The van der Waals surface area contributed by atoms with Crippen LogP contribution >= 0.6 is 0 Å². The highest BCUT2D eigenvalue weighted by Crippen LogP contribution is 2.40. The molecule has 0 heterocycles. The molecule has 0 fully saturated rings. The summed E-state index contributed by atoms with van der Waals surface area (Å²) >= 11 is 0. The van der Waals surface area contributed by atoms with Crippen LogP contribution in [0.15, 0.2) is 48.5 Å². The largest absolute Gasteiger partial charge is 0.507 e. The second kappa shape index (κ2) is 3.86. The van der Waals surface area contributed by atoms with Gasteiger partial charge in [-0.05, 0) is 39.1 Å². The lowest BCUT2D eigenvalue weighted by Gasteiger charge is -2.16. The molecule has 0 atom stereocenters. The highest BCUT2D eigenvalue weighted by Gasteiger charge is 2.13. The van der Waals surface area contributed by atoms with Crippen LogP contribution in [0.4, 0.5) is 0 Å². The molecule has 4 rings (SSSR count). The molecule has 1 heteroatoms. The van der Waals surface area contributed by atoms with Crippen molar-refractivity contribution in [3.8, 4) is 5.75 Å². The molecule has 4 aromatic carbocycles. The Balaban J connectivity index is 2.35. The van der Waals surface area contributed by atoms with E-state index in [1.165, 1.54) is 32.5 Å². The van der Waals surface area contributed by atoms with Gasteiger partial charge in [0, 0.05) is 10.8 Å². The molecule has 0 spiro atoms. The van der Waals surface area contributed by atoms with E-state index in [2.05, 4.69) is 44.2 Å². The van der Waals surface area contributed by atoms with E-state index in [0.717, 1.165) is 5.39 Å². The van der Waals surface area contributed by atoms with Gasteiger partial charge in [-0.2, -0.15) is 0 Å². The van der Waals surface area contributed by atoms with Gasteiger partial charge in [-0.1, -0.05) is 56.3 Å². The van der Waals surface area contributed by atoms with Crippen LogP contribution in [-0.4, -0.2) is 5.11 Å². The van der Waals surface area contributed by atoms with Gasteiger partial charge in [-0.15, -0.1) is 0 Å². The molecule has 0 aromatic heterocycles. The molecule has 0 saturated carbocycles. The monoisotopic (exact) mass is 260 g/mol. The molecule has 4 aromatic rings. The first-order chi connectivity index (χ1) is 9.66. The van der Waals surface area contributed by atoms with E-state index in [4.69, 9.17) is 0 Å². The van der Waals surface area contributed by atoms with Gasteiger partial charge in [0.25, 0.3) is 0 Å². The van der Waals surface area contributed by atoms with E-state index in [1.54, 1.807) is 6.07 Å². The molecule has 0 amide bonds. The fourth-order valence-corrected chi connectivity index (χ4v) is 3.31. The molecule has 20 heavy (non-hydrogen) atoms. The molecule has 98 valence electrons. The Hall–Kier alpha value is -2.28. The Bertz CT molecular complexity index is 935. The van der Waals surface area contributed by atoms with Crippen molar-refractivity contribution in [3.05, 3.63) is 54.1 Å². The molecule has 0 bridgehead atoms. The highest BCUT2D eigenvalue weighted by molar-refractivity contribution is 6.24. The maximum Gasteiger partial charge on any atom is 0.123 e. The van der Waals surface area contributed by atoms with Crippen LogP contribution in [0, 0.1) is 0 Å². The molecule has 1 N–H and O–H groups in total. The zero-order valence-electron chi connectivity index (χ0n) is 11.6. The summed E-state index contributed by atoms with van der Waals surface area (Å²) in [4.78, 5) is 0. The molecule has 1 nitrogen and oxygen atoms in total. The summed E-state index contributed by atoms with van der Waals surface area (Å²) < 4.78 is 0. The number of hydrogen-bond acceptors (Lipinski definition) is 1. The minimum Gasteiger partial charge on any atom is -0.507 e. The predicted octanol–water partition coefficient (Wildman–Crippen LogP) is 5.41. The molecule has 0 aliphatic heterocycles. The Kier molecular flexibility index (Phi) is 2.23. The van der Waals surface area contributed by atoms with Gasteiger partial charge in [-0.25, -0.2) is 0 Å². The number of phenols is 1. The summed E-state index contributed by atoms with van der Waals surface area (Å²) in [5, 5.41) is 17.3. The molecule has 0 unspecified atom stereocenters. The molecular formula is C19H16O. The SMILES string of the molecule is CC(C)c1ccc2ccc3c(O)ccc4ccc1c2c43. The smallest absolute Gasteiger partial charge is 0.123 e. The second-order valence-corrected chi connectivity index (χ2v) is 5.82. The fourth-order valence-electron chi connectivity index (χ4n) is 3.31. The van der Waals surface area contributed by atoms with E-state index >= 15 is 0 Å². The first kappa shape index (κ1) is 11.5. The van der Waals surface area contributed by atoms with E-state index < -0.39 is 0 Å². The lowest BCUT2D eigenvalue weighted by atomic mass is 9.88. The average Bonchev–Trinajstić information content (AvgIpc) is 2.46. The van der Waals surface area contributed by atoms with Gasteiger partial charge in [0.1, 0.15) is 5.75 Å². The summed E-state index contributed by atoms with van der Waals surface area (Å²) in [5.74, 6) is 0.856. The molecule has 0 aliphatic rings. The van der Waals surface area contributed by atoms with Crippen LogP contribution in [0.1, 0.15) is 25.3 Å². The number of benzene rings is 4. The lowest BCUT2D eigenvalue weighted by Crippen LogP contribution is -1.92. The van der Waals surface area contributed by atoms with Gasteiger partial charge in [0.2, 0.25) is 0 Å². The van der Waals surface area contributed by atoms with Crippen molar-refractivity contribution in [2.75, 3.05) is 0 Å². The summed E-state index contributed by atoms with van der Waals surface area (Å²) in [7, 11) is 0. The summed E-state index contributed by atoms with van der Waals surface area (Å²) in [5.41, 5.74) is 1.37. The quantitative estimate of drug-likeness (QED) is 0.453. The Morgan fingerprint density at radius 1 is 0.700 bits per heavy atom. The topological polar surface area (TPSA) is 20.2 Å². The minimum atomic E-state index is 0.363. The number of aromatic hydroxyl groups is 1. The highest BCUT2D eigenvalue weighted by atomic mass is 16.3. The number of hydrogen-bond donors (Lipinski definition) is 1. The van der Waals surface area contributed by atoms with Gasteiger partial charge in [0.05, 0.1) is 0 Å². The van der Waals surface area contributed by atoms with E-state index in [0.29, 0.717) is 11.7 Å². The van der Waals surface area contributed by atoms with Crippen molar-refractivity contribution in [3.63, 3.8) is 0 Å². The first-order valence-electron chi connectivity index (χ1n) is 7.06. The number of rotatable bonds is 1. The van der Waals surface area contributed by atoms with E-state index in [-0.39, 0.29) is 0 Å². The van der Waals surface area contributed by atoms with Crippen LogP contribution < -0.4 is 0 Å². The third-order valence-corrected chi connectivity index (χ3v) is 4.30. The van der Waals surface area contributed by atoms with E-state index in [9.17, 15) is 5.11 Å². The third-order valence-electron chi connectivity index (χ3n) is 4.30. The van der Waals surface area contributed by atoms with Crippen molar-refractivity contribution in [2.45, 2.75) is 19.8 Å². The third kappa shape index (κ3) is 1.38. The summed E-state index contributed by atoms with van der Waals surface area (Å²) in [6, 6.07) is 16.7. The lowest BCUT2D eigenvalue weighted by molar-refractivity contribution is 0.482. The zero-order chi connectivity index (χ0) is 13.9. The second-order valence-electron chi connectivity index (χ2n) is 5.82. The van der Waals surface area contributed by atoms with Crippen LogP contribution in [0.25, 0.3) is 32.3 Å². The van der Waals surface area contributed by atoms with Crippen molar-refractivity contribution in [2.24, 2.45) is 0 Å². The minimum absolute atomic E-state index is 0.363. The van der Waals surface area contributed by atoms with Crippen molar-refractivity contribution in [1.82, 2.24) is 0 Å². The first-order valence-corrected chi connectivity index (χ1v) is 7.06. The van der Waals surface area contributed by atoms with Crippen molar-refractivity contribution < 1.29 is 5.11 Å². The van der Waals surface area contributed by atoms with Crippen LogP contribution in [0.2, 0.25) is 0 Å². The zero-order valence-corrected chi connectivity index (χ0v) is 11.6. The standard InChI is InChI=1S/C19H16O/c1-11(2)14-7-3-12-5-9-16-17(20)10-6-13-4-8-15(14)18(12)19(13)16/h3-11,20H,1-2H3. The summed E-state index contributed by atoms with van der Waals surface area (Å²) in [6.45, 7) is 4.45. The van der Waals surface area contributed by atoms with E-state index in [1.807, 2.05) is 12.1 Å². The average molecular weight is 260 g/mol.